The van der Waals surface area contributed by atoms with Gasteiger partial charge in [0.05, 0.1) is 5.02 Å². The summed E-state index contributed by atoms with van der Waals surface area (Å²) in [5, 5.41) is 0.601. The molecule has 0 heterocycles. The predicted octanol–water partition coefficient (Wildman–Crippen LogP) is 4.66. The summed E-state index contributed by atoms with van der Waals surface area (Å²) in [5.74, 6) is 1.36. The standard InChI is InChI=1S/C14H13BrClNO/c1-9-2-3-14(13(16)4-9)18-12-6-10(8-17)5-11(15)7-12/h2-7H,8,17H2,1H3. The van der Waals surface area contributed by atoms with Crippen molar-refractivity contribution in [2.45, 2.75) is 13.5 Å². The van der Waals surface area contributed by atoms with Crippen LogP contribution < -0.4 is 10.5 Å². The van der Waals surface area contributed by atoms with E-state index >= 15 is 0 Å². The molecule has 0 spiro atoms. The normalized spacial score (nSPS) is 10.4. The number of aryl methyl sites for hydroxylation is 1. The Morgan fingerprint density at radius 3 is 2.67 bits per heavy atom. The number of hydrogen-bond acceptors (Lipinski definition) is 2. The van der Waals surface area contributed by atoms with Gasteiger partial charge in [-0.2, -0.15) is 0 Å². The molecule has 0 bridgehead atoms. The number of halogens is 2. The van der Waals surface area contributed by atoms with Gasteiger partial charge in [0, 0.05) is 11.0 Å². The van der Waals surface area contributed by atoms with E-state index in [1.807, 2.05) is 43.3 Å². The quantitative estimate of drug-likeness (QED) is 0.890. The second-order valence-electron chi connectivity index (χ2n) is 4.04. The molecule has 0 aromatic heterocycles. The average Bonchev–Trinajstić information content (AvgIpc) is 2.32. The third kappa shape index (κ3) is 3.25. The number of nitrogens with two attached hydrogens (primary N) is 1. The van der Waals surface area contributed by atoms with Crippen molar-refractivity contribution in [2.75, 3.05) is 0 Å². The van der Waals surface area contributed by atoms with E-state index in [4.69, 9.17) is 22.1 Å². The maximum atomic E-state index is 6.13. The maximum absolute atomic E-state index is 6.13. The maximum Gasteiger partial charge on any atom is 0.146 e. The van der Waals surface area contributed by atoms with E-state index in [0.29, 0.717) is 17.3 Å². The first kappa shape index (κ1) is 13.4. The molecule has 2 nitrogen and oxygen atoms in total. The zero-order valence-electron chi connectivity index (χ0n) is 9.91. The molecule has 0 saturated heterocycles. The second kappa shape index (κ2) is 5.74. The third-order valence-electron chi connectivity index (χ3n) is 2.48. The van der Waals surface area contributed by atoms with E-state index in [-0.39, 0.29) is 0 Å². The smallest absolute Gasteiger partial charge is 0.146 e. The van der Waals surface area contributed by atoms with Crippen LogP contribution in [-0.2, 0) is 6.54 Å². The molecule has 2 rings (SSSR count). The lowest BCUT2D eigenvalue weighted by atomic mass is 10.2. The van der Waals surface area contributed by atoms with Crippen LogP contribution in [0.4, 0.5) is 0 Å². The fourth-order valence-electron chi connectivity index (χ4n) is 1.61. The molecule has 0 radical (unpaired) electrons. The van der Waals surface area contributed by atoms with Gasteiger partial charge in [-0.05, 0) is 48.4 Å². The second-order valence-corrected chi connectivity index (χ2v) is 5.36. The van der Waals surface area contributed by atoms with Crippen LogP contribution in [-0.4, -0.2) is 0 Å². The van der Waals surface area contributed by atoms with Crippen molar-refractivity contribution in [3.8, 4) is 11.5 Å². The van der Waals surface area contributed by atoms with Crippen LogP contribution >= 0.6 is 27.5 Å². The van der Waals surface area contributed by atoms with E-state index in [1.54, 1.807) is 0 Å². The van der Waals surface area contributed by atoms with Gasteiger partial charge in [-0.3, -0.25) is 0 Å². The first-order valence-corrected chi connectivity index (χ1v) is 6.69. The molecule has 4 heteroatoms. The summed E-state index contributed by atoms with van der Waals surface area (Å²) in [4.78, 5) is 0. The van der Waals surface area contributed by atoms with Crippen LogP contribution in [0.1, 0.15) is 11.1 Å². The van der Waals surface area contributed by atoms with Crippen molar-refractivity contribution in [3.63, 3.8) is 0 Å². The van der Waals surface area contributed by atoms with Gasteiger partial charge in [0.25, 0.3) is 0 Å². The summed E-state index contributed by atoms with van der Waals surface area (Å²) in [6.07, 6.45) is 0. The minimum Gasteiger partial charge on any atom is -0.456 e. The highest BCUT2D eigenvalue weighted by atomic mass is 79.9. The molecule has 0 unspecified atom stereocenters. The highest BCUT2D eigenvalue weighted by Gasteiger charge is 2.05. The Bertz CT molecular complexity index is 572. The SMILES string of the molecule is Cc1ccc(Oc2cc(Br)cc(CN)c2)c(Cl)c1. The highest BCUT2D eigenvalue weighted by Crippen LogP contribution is 2.31. The number of rotatable bonds is 3. The fourth-order valence-corrected chi connectivity index (χ4v) is 2.41. The van der Waals surface area contributed by atoms with Crippen LogP contribution in [0.5, 0.6) is 11.5 Å². The van der Waals surface area contributed by atoms with Gasteiger partial charge < -0.3 is 10.5 Å². The molecule has 18 heavy (non-hydrogen) atoms. The summed E-state index contributed by atoms with van der Waals surface area (Å²) in [5.41, 5.74) is 7.73. The Balaban J connectivity index is 2.30. The molecular weight excluding hydrogens is 314 g/mol. The molecule has 2 aromatic carbocycles. The third-order valence-corrected chi connectivity index (χ3v) is 3.24. The van der Waals surface area contributed by atoms with Crippen molar-refractivity contribution in [1.29, 1.82) is 0 Å². The molecule has 2 N–H and O–H groups in total. The zero-order valence-corrected chi connectivity index (χ0v) is 12.3. The topological polar surface area (TPSA) is 35.2 Å². The molecule has 0 fully saturated rings. The van der Waals surface area contributed by atoms with Crippen LogP contribution in [0.25, 0.3) is 0 Å². The summed E-state index contributed by atoms with van der Waals surface area (Å²) in [6, 6.07) is 11.4. The summed E-state index contributed by atoms with van der Waals surface area (Å²) in [6.45, 7) is 2.46. The number of hydrogen-bond donors (Lipinski definition) is 1. The van der Waals surface area contributed by atoms with Crippen LogP contribution in [0.2, 0.25) is 5.02 Å². The Hall–Kier alpha value is -1.03. The largest absolute Gasteiger partial charge is 0.456 e. The highest BCUT2D eigenvalue weighted by molar-refractivity contribution is 9.10. The van der Waals surface area contributed by atoms with Crippen LogP contribution in [0, 0.1) is 6.92 Å². The lowest BCUT2D eigenvalue weighted by Gasteiger charge is -2.10. The Labute approximate surface area is 120 Å². The Morgan fingerprint density at radius 2 is 2.00 bits per heavy atom. The number of ether oxygens (including phenoxy) is 1. The summed E-state index contributed by atoms with van der Waals surface area (Å²) in [7, 11) is 0. The van der Waals surface area contributed by atoms with Crippen molar-refractivity contribution < 1.29 is 4.74 Å². The van der Waals surface area contributed by atoms with Crippen LogP contribution in [0.3, 0.4) is 0 Å². The first-order chi connectivity index (χ1) is 8.58. The van der Waals surface area contributed by atoms with Gasteiger partial charge in [-0.15, -0.1) is 0 Å². The van der Waals surface area contributed by atoms with E-state index in [2.05, 4.69) is 15.9 Å². The van der Waals surface area contributed by atoms with Crippen molar-refractivity contribution in [1.82, 2.24) is 0 Å². The average molecular weight is 327 g/mol. The van der Waals surface area contributed by atoms with Gasteiger partial charge in [-0.25, -0.2) is 0 Å². The molecule has 0 aliphatic heterocycles. The molecule has 2 aromatic rings. The van der Waals surface area contributed by atoms with Gasteiger partial charge in [0.2, 0.25) is 0 Å². The Kier molecular flexibility index (Phi) is 4.27. The lowest BCUT2D eigenvalue weighted by Crippen LogP contribution is -1.96. The summed E-state index contributed by atoms with van der Waals surface area (Å²) < 4.78 is 6.70. The van der Waals surface area contributed by atoms with Gasteiger partial charge >= 0.3 is 0 Å². The van der Waals surface area contributed by atoms with Gasteiger partial charge in [-0.1, -0.05) is 33.6 Å². The fraction of sp³-hybridized carbons (Fsp3) is 0.143. The molecule has 94 valence electrons. The zero-order chi connectivity index (χ0) is 13.1. The molecule has 0 atom stereocenters. The minimum atomic E-state index is 0.470. The van der Waals surface area contributed by atoms with Crippen molar-refractivity contribution in [2.24, 2.45) is 5.73 Å². The predicted molar refractivity (Wildman–Crippen MR) is 78.3 cm³/mol. The Morgan fingerprint density at radius 1 is 1.22 bits per heavy atom. The van der Waals surface area contributed by atoms with E-state index in [0.717, 1.165) is 21.3 Å². The van der Waals surface area contributed by atoms with E-state index < -0.39 is 0 Å². The number of benzene rings is 2. The van der Waals surface area contributed by atoms with E-state index in [1.165, 1.54) is 0 Å². The molecular formula is C14H13BrClNO. The lowest BCUT2D eigenvalue weighted by molar-refractivity contribution is 0.481. The van der Waals surface area contributed by atoms with Gasteiger partial charge in [0.15, 0.2) is 0 Å². The van der Waals surface area contributed by atoms with Crippen molar-refractivity contribution >= 4 is 27.5 Å². The van der Waals surface area contributed by atoms with Crippen molar-refractivity contribution in [3.05, 3.63) is 57.0 Å². The molecule has 0 aliphatic carbocycles. The molecule has 0 saturated carbocycles. The van der Waals surface area contributed by atoms with Gasteiger partial charge in [0.1, 0.15) is 11.5 Å². The summed E-state index contributed by atoms with van der Waals surface area (Å²) >= 11 is 9.56. The molecule has 0 aliphatic rings. The molecule has 0 amide bonds. The minimum absolute atomic E-state index is 0.470. The van der Waals surface area contributed by atoms with Crippen LogP contribution in [0.15, 0.2) is 40.9 Å². The monoisotopic (exact) mass is 325 g/mol. The van der Waals surface area contributed by atoms with E-state index in [9.17, 15) is 0 Å². The first-order valence-electron chi connectivity index (χ1n) is 5.52.